The number of esters is 2. The maximum atomic E-state index is 12.9. The lowest BCUT2D eigenvalue weighted by atomic mass is 10.0. The lowest BCUT2D eigenvalue weighted by Crippen LogP contribution is -2.37. The minimum Gasteiger partial charge on any atom is -0.756 e. The lowest BCUT2D eigenvalue weighted by Gasteiger charge is -2.28. The van der Waals surface area contributed by atoms with Crippen molar-refractivity contribution in [2.75, 3.05) is 47.5 Å². The van der Waals surface area contributed by atoms with Gasteiger partial charge in [0.2, 0.25) is 0 Å². The summed E-state index contributed by atoms with van der Waals surface area (Å²) in [5.74, 6) is -0.808. The number of nitrogens with zero attached hydrogens (tertiary/aromatic N) is 1. The van der Waals surface area contributed by atoms with Gasteiger partial charge in [-0.05, 0) is 89.9 Å². The number of quaternary nitrogens is 1. The van der Waals surface area contributed by atoms with E-state index in [4.69, 9.17) is 18.5 Å². The lowest BCUT2D eigenvalue weighted by molar-refractivity contribution is -0.870. The van der Waals surface area contributed by atoms with Gasteiger partial charge in [-0.25, -0.2) is 0 Å². The van der Waals surface area contributed by atoms with Gasteiger partial charge in [0.1, 0.15) is 19.8 Å². The molecule has 0 amide bonds. The maximum absolute atomic E-state index is 12.9. The quantitative estimate of drug-likeness (QED) is 0.0195. The van der Waals surface area contributed by atoms with Gasteiger partial charge < -0.3 is 27.9 Å². The Balaban J connectivity index is 3.86. The average molecular weight is 1450 g/mol. The van der Waals surface area contributed by atoms with Crippen LogP contribution < -0.4 is 4.89 Å². The molecule has 102 heavy (non-hydrogen) atoms. The van der Waals surface area contributed by atoms with E-state index in [1.54, 1.807) is 0 Å². The van der Waals surface area contributed by atoms with Crippen LogP contribution in [0.4, 0.5) is 0 Å². The maximum Gasteiger partial charge on any atom is 0.306 e. The summed E-state index contributed by atoms with van der Waals surface area (Å²) < 4.78 is 34.5. The zero-order valence-electron chi connectivity index (χ0n) is 68.3. The van der Waals surface area contributed by atoms with Gasteiger partial charge in [0.15, 0.2) is 6.10 Å². The van der Waals surface area contributed by atoms with Gasteiger partial charge in [0.25, 0.3) is 7.82 Å². The van der Waals surface area contributed by atoms with Crippen LogP contribution in [0.25, 0.3) is 0 Å². The number of unbranched alkanes of at least 4 members (excludes halogenated alkanes) is 55. The topological polar surface area (TPSA) is 111 Å². The third kappa shape index (κ3) is 86.1. The third-order valence-electron chi connectivity index (χ3n) is 19.9. The molecule has 2 atom stereocenters. The summed E-state index contributed by atoms with van der Waals surface area (Å²) in [4.78, 5) is 38.3. The second kappa shape index (κ2) is 82.3. The number of hydrogen-bond donors (Lipinski definition) is 0. The highest BCUT2D eigenvalue weighted by atomic mass is 31.2. The molecule has 2 unspecified atom stereocenters. The van der Waals surface area contributed by atoms with Crippen molar-refractivity contribution in [1.82, 2.24) is 0 Å². The Morgan fingerprint density at radius 3 is 0.833 bits per heavy atom. The first-order valence-corrected chi connectivity index (χ1v) is 45.8. The van der Waals surface area contributed by atoms with Crippen molar-refractivity contribution >= 4 is 19.8 Å². The van der Waals surface area contributed by atoms with Crippen molar-refractivity contribution in [3.05, 3.63) is 85.1 Å². The molecule has 0 spiro atoms. The molecule has 0 rings (SSSR count). The van der Waals surface area contributed by atoms with Crippen LogP contribution in [0.3, 0.4) is 0 Å². The number of likely N-dealkylation sites (N-methyl/N-ethyl adjacent to an activating group) is 1. The number of phosphoric acid groups is 1. The zero-order chi connectivity index (χ0) is 74.0. The van der Waals surface area contributed by atoms with Crippen LogP contribution in [0, 0.1) is 0 Å². The minimum atomic E-state index is -4.65. The molecule has 0 aliphatic carbocycles. The Morgan fingerprint density at radius 2 is 0.559 bits per heavy atom. The predicted molar refractivity (Wildman–Crippen MR) is 443 cm³/mol. The molecule has 10 heteroatoms. The normalized spacial score (nSPS) is 13.4. The molecular formula is C92H170NO8P. The molecule has 0 bridgehead atoms. The molecule has 0 saturated heterocycles. The molecule has 0 radical (unpaired) electrons. The highest BCUT2D eigenvalue weighted by molar-refractivity contribution is 7.45. The average Bonchev–Trinajstić information content (AvgIpc) is 0.914. The summed E-state index contributed by atoms with van der Waals surface area (Å²) in [6.07, 6.45) is 115. The first-order chi connectivity index (χ1) is 50.0. The van der Waals surface area contributed by atoms with E-state index in [1.165, 1.54) is 334 Å². The standard InChI is InChI=1S/C92H170NO8P/c1-6-8-10-12-14-16-18-20-22-24-26-28-30-32-34-36-38-40-42-44-46-48-50-52-54-56-58-60-62-64-66-68-70-72-74-76-78-80-82-84-91(94)98-88-90(89-100-102(96,97)99-87-86-93(3,4)5)101-92(95)85-83-81-79-77-75-73-71-69-67-65-63-61-59-57-55-53-51-49-47-45-43-41-39-37-35-33-31-29-27-25-23-21-19-17-15-13-11-9-7-2/h9,11,15,17-18,20-21,23-24,26-27,29-30,32,90H,6-8,10,12-14,16,19,22,25,28,31,33-89H2,1-5H3/b11-9-,17-15-,20-18-,23-21-,26-24-,29-27-,32-30-. The van der Waals surface area contributed by atoms with Crippen molar-refractivity contribution in [2.45, 2.75) is 444 Å². The minimum absolute atomic E-state index is 0.0288. The van der Waals surface area contributed by atoms with Crippen LogP contribution >= 0.6 is 7.82 Å². The molecule has 0 heterocycles. The van der Waals surface area contributed by atoms with Gasteiger partial charge in [-0.15, -0.1) is 0 Å². The zero-order valence-corrected chi connectivity index (χ0v) is 69.2. The van der Waals surface area contributed by atoms with Crippen molar-refractivity contribution in [2.24, 2.45) is 0 Å². The van der Waals surface area contributed by atoms with Crippen LogP contribution in [0.15, 0.2) is 85.1 Å². The molecule has 0 aliphatic heterocycles. The van der Waals surface area contributed by atoms with Crippen LogP contribution in [0.5, 0.6) is 0 Å². The molecule has 596 valence electrons. The molecule has 0 fully saturated rings. The van der Waals surface area contributed by atoms with Crippen LogP contribution in [-0.4, -0.2) is 70.0 Å². The van der Waals surface area contributed by atoms with Gasteiger partial charge in [0, 0.05) is 12.8 Å². The summed E-state index contributed by atoms with van der Waals surface area (Å²) in [5.41, 5.74) is 0. The van der Waals surface area contributed by atoms with Crippen LogP contribution in [0.1, 0.15) is 438 Å². The van der Waals surface area contributed by atoms with E-state index in [1.807, 2.05) is 21.1 Å². The van der Waals surface area contributed by atoms with E-state index in [2.05, 4.69) is 98.9 Å². The largest absolute Gasteiger partial charge is 0.756 e. The first-order valence-electron chi connectivity index (χ1n) is 44.3. The number of phosphoric ester groups is 1. The number of carbonyl (C=O) groups is 2. The van der Waals surface area contributed by atoms with Crippen molar-refractivity contribution in [1.29, 1.82) is 0 Å². The van der Waals surface area contributed by atoms with E-state index >= 15 is 0 Å². The highest BCUT2D eigenvalue weighted by Crippen LogP contribution is 2.38. The molecule has 0 aliphatic rings. The number of ether oxygens (including phenoxy) is 2. The fraction of sp³-hybridized carbons (Fsp3) is 0.826. The Hall–Kier alpha value is -2.81. The van der Waals surface area contributed by atoms with E-state index in [0.29, 0.717) is 17.4 Å². The summed E-state index contributed by atoms with van der Waals surface area (Å²) in [5, 5.41) is 0. The van der Waals surface area contributed by atoms with Crippen molar-refractivity contribution in [3.8, 4) is 0 Å². The number of allylic oxidation sites excluding steroid dienone is 14. The van der Waals surface area contributed by atoms with Crippen LogP contribution in [0.2, 0.25) is 0 Å². The monoisotopic (exact) mass is 1450 g/mol. The fourth-order valence-corrected chi connectivity index (χ4v) is 13.9. The van der Waals surface area contributed by atoms with Gasteiger partial charge in [-0.2, -0.15) is 0 Å². The van der Waals surface area contributed by atoms with Gasteiger partial charge in [-0.1, -0.05) is 420 Å². The Labute approximate surface area is 634 Å². The SMILES string of the molecule is CC/C=C\C/C=C\C/C=C\C/C=C\CCCCCCCCCCCCCCCCCCCCCCCCCCCCC(=O)OC(COC(=O)CCCCCCCCCCCCCCCCCCCCCCCCCC/C=C\C/C=C\C/C=C\CCCCCCC)COP(=O)([O-])OCC[N+](C)(C)C. The molecule has 0 aromatic rings. The number of rotatable bonds is 83. The van der Waals surface area contributed by atoms with Gasteiger partial charge in [-0.3, -0.25) is 14.2 Å². The first kappa shape index (κ1) is 99.2. The molecular weight excluding hydrogens is 1280 g/mol. The van der Waals surface area contributed by atoms with E-state index in [0.717, 1.165) is 70.6 Å². The molecule has 0 aromatic heterocycles. The van der Waals surface area contributed by atoms with Crippen LogP contribution in [-0.2, 0) is 32.7 Å². The Kier molecular flexibility index (Phi) is 80.0. The van der Waals surface area contributed by atoms with Gasteiger partial charge in [0.05, 0.1) is 27.7 Å². The predicted octanol–water partition coefficient (Wildman–Crippen LogP) is 29.3. The summed E-state index contributed by atoms with van der Waals surface area (Å²) in [6, 6.07) is 0. The van der Waals surface area contributed by atoms with Crippen molar-refractivity contribution < 1.29 is 42.1 Å². The smallest absolute Gasteiger partial charge is 0.306 e. The number of carbonyl (C=O) groups excluding carboxylic acids is 2. The van der Waals surface area contributed by atoms with E-state index < -0.39 is 26.5 Å². The molecule has 9 nitrogen and oxygen atoms in total. The summed E-state index contributed by atoms with van der Waals surface area (Å²) >= 11 is 0. The molecule has 0 aromatic carbocycles. The van der Waals surface area contributed by atoms with Crippen molar-refractivity contribution in [3.63, 3.8) is 0 Å². The third-order valence-corrected chi connectivity index (χ3v) is 20.9. The highest BCUT2D eigenvalue weighted by Gasteiger charge is 2.22. The summed E-state index contributed by atoms with van der Waals surface area (Å²) in [7, 11) is 1.19. The van der Waals surface area contributed by atoms with E-state index in [9.17, 15) is 19.0 Å². The molecule has 0 saturated carbocycles. The Morgan fingerprint density at radius 1 is 0.314 bits per heavy atom. The molecule has 0 N–H and O–H groups in total. The fourth-order valence-electron chi connectivity index (χ4n) is 13.2. The van der Waals surface area contributed by atoms with Gasteiger partial charge >= 0.3 is 11.9 Å². The second-order valence-corrected chi connectivity index (χ2v) is 32.6. The van der Waals surface area contributed by atoms with E-state index in [-0.39, 0.29) is 32.0 Å². The summed E-state index contributed by atoms with van der Waals surface area (Å²) in [6.45, 7) is 4.19. The Bertz CT molecular complexity index is 2000. The second-order valence-electron chi connectivity index (χ2n) is 31.2. The number of hydrogen-bond acceptors (Lipinski definition) is 8.